The van der Waals surface area contributed by atoms with E-state index in [1.807, 2.05) is 0 Å². The van der Waals surface area contributed by atoms with E-state index in [4.69, 9.17) is 0 Å². The largest absolute Gasteiger partial charge is 0.198 e. The Morgan fingerprint density at radius 1 is 1.06 bits per heavy atom. The quantitative estimate of drug-likeness (QED) is 0.677. The number of rotatable bonds is 2. The summed E-state index contributed by atoms with van der Waals surface area (Å²) < 4.78 is 0. The topological polar surface area (TPSA) is 23.8 Å². The first-order valence-electron chi connectivity index (χ1n) is 7.93. The predicted octanol–water partition coefficient (Wildman–Crippen LogP) is 4.92. The van der Waals surface area contributed by atoms with Crippen molar-refractivity contribution in [1.82, 2.24) is 0 Å². The molecule has 0 aromatic heterocycles. The Morgan fingerprint density at radius 2 is 1.78 bits per heavy atom. The number of hydrogen-bond acceptors (Lipinski definition) is 1. The lowest BCUT2D eigenvalue weighted by Gasteiger charge is -2.41. The maximum Gasteiger partial charge on any atom is 0.0689 e. The molecule has 3 rings (SSSR count). The summed E-state index contributed by atoms with van der Waals surface area (Å²) >= 11 is 0. The van der Waals surface area contributed by atoms with Gasteiger partial charge < -0.3 is 0 Å². The highest BCUT2D eigenvalue weighted by molar-refractivity contribution is 5.06. The maximum absolute atomic E-state index is 9.69. The van der Waals surface area contributed by atoms with Gasteiger partial charge in [0, 0.05) is 0 Å². The average molecular weight is 245 g/mol. The zero-order chi connectivity index (χ0) is 12.8. The van der Waals surface area contributed by atoms with Crippen LogP contribution in [0.2, 0.25) is 0 Å². The maximum atomic E-state index is 9.69. The average Bonchev–Trinajstić information content (AvgIpc) is 2.94. The van der Waals surface area contributed by atoms with Crippen LogP contribution in [0.25, 0.3) is 0 Å². The molecule has 0 heterocycles. The zero-order valence-electron chi connectivity index (χ0n) is 12.0. The molecular weight excluding hydrogens is 218 g/mol. The van der Waals surface area contributed by atoms with Crippen molar-refractivity contribution >= 4 is 0 Å². The fourth-order valence-corrected chi connectivity index (χ4v) is 4.90. The summed E-state index contributed by atoms with van der Waals surface area (Å²) in [5, 5.41) is 9.69. The second-order valence-corrected chi connectivity index (χ2v) is 8.20. The van der Waals surface area contributed by atoms with E-state index in [1.54, 1.807) is 0 Å². The smallest absolute Gasteiger partial charge is 0.0689 e. The Balaban J connectivity index is 1.65. The lowest BCUT2D eigenvalue weighted by atomic mass is 9.62. The summed E-state index contributed by atoms with van der Waals surface area (Å²) in [5.74, 6) is 2.90. The second kappa shape index (κ2) is 4.26. The number of hydrogen-bond donors (Lipinski definition) is 0. The first kappa shape index (κ1) is 12.5. The van der Waals surface area contributed by atoms with E-state index in [9.17, 15) is 5.26 Å². The van der Waals surface area contributed by atoms with E-state index < -0.39 is 0 Å². The lowest BCUT2D eigenvalue weighted by Crippen LogP contribution is -2.33. The highest BCUT2D eigenvalue weighted by Crippen LogP contribution is 2.55. The summed E-state index contributed by atoms with van der Waals surface area (Å²) in [6.07, 6.45) is 11.9. The van der Waals surface area contributed by atoms with Gasteiger partial charge in [-0.05, 0) is 74.5 Å². The van der Waals surface area contributed by atoms with E-state index in [2.05, 4.69) is 19.9 Å². The normalized spacial score (nSPS) is 40.6. The minimum Gasteiger partial charge on any atom is -0.198 e. The van der Waals surface area contributed by atoms with Gasteiger partial charge in [-0.15, -0.1) is 0 Å². The van der Waals surface area contributed by atoms with Crippen molar-refractivity contribution < 1.29 is 0 Å². The summed E-state index contributed by atoms with van der Waals surface area (Å²) in [4.78, 5) is 0. The minimum atomic E-state index is 0.0463. The molecule has 18 heavy (non-hydrogen) atoms. The molecule has 3 aliphatic carbocycles. The van der Waals surface area contributed by atoms with Gasteiger partial charge in [0.15, 0.2) is 0 Å². The molecule has 2 bridgehead atoms. The summed E-state index contributed by atoms with van der Waals surface area (Å²) in [6, 6.07) is 2.74. The van der Waals surface area contributed by atoms with Crippen LogP contribution in [-0.4, -0.2) is 0 Å². The van der Waals surface area contributed by atoms with Gasteiger partial charge in [0.05, 0.1) is 11.5 Å². The van der Waals surface area contributed by atoms with Crippen molar-refractivity contribution in [2.75, 3.05) is 0 Å². The van der Waals surface area contributed by atoms with E-state index in [0.29, 0.717) is 5.41 Å². The van der Waals surface area contributed by atoms with Crippen LogP contribution < -0.4 is 0 Å². The summed E-state index contributed by atoms with van der Waals surface area (Å²) in [7, 11) is 0. The lowest BCUT2D eigenvalue weighted by molar-refractivity contribution is 0.108. The molecule has 3 unspecified atom stereocenters. The number of nitriles is 1. The van der Waals surface area contributed by atoms with Gasteiger partial charge in [0.2, 0.25) is 0 Å². The SMILES string of the molecule is CC1(C)CCC(C#N)(CC2CC3CCC2C3)CC1. The molecule has 1 nitrogen and oxygen atoms in total. The van der Waals surface area contributed by atoms with Crippen LogP contribution in [0.4, 0.5) is 0 Å². The van der Waals surface area contributed by atoms with Crippen molar-refractivity contribution in [2.45, 2.75) is 71.6 Å². The van der Waals surface area contributed by atoms with Gasteiger partial charge in [-0.1, -0.05) is 20.3 Å². The molecular formula is C17H27N. The first-order valence-corrected chi connectivity index (χ1v) is 7.93. The molecule has 0 radical (unpaired) electrons. The molecule has 0 aromatic carbocycles. The second-order valence-electron chi connectivity index (χ2n) is 8.20. The molecule has 3 saturated carbocycles. The standard InChI is InChI=1S/C17H27N/c1-16(2)5-7-17(12-18,8-6-16)11-15-10-13-3-4-14(15)9-13/h13-15H,3-11H2,1-2H3. The Hall–Kier alpha value is -0.510. The Bertz CT molecular complexity index is 352. The summed E-state index contributed by atoms with van der Waals surface area (Å²) in [6.45, 7) is 4.73. The van der Waals surface area contributed by atoms with Crippen molar-refractivity contribution in [3.8, 4) is 6.07 Å². The third-order valence-electron chi connectivity index (χ3n) is 6.34. The van der Waals surface area contributed by atoms with Crippen molar-refractivity contribution in [2.24, 2.45) is 28.6 Å². The molecule has 0 spiro atoms. The van der Waals surface area contributed by atoms with Crippen LogP contribution in [0.15, 0.2) is 0 Å². The van der Waals surface area contributed by atoms with Gasteiger partial charge in [-0.25, -0.2) is 0 Å². The van der Waals surface area contributed by atoms with Gasteiger partial charge in [0.25, 0.3) is 0 Å². The highest BCUT2D eigenvalue weighted by Gasteiger charge is 2.46. The fraction of sp³-hybridized carbons (Fsp3) is 0.941. The van der Waals surface area contributed by atoms with Crippen LogP contribution in [-0.2, 0) is 0 Å². The van der Waals surface area contributed by atoms with E-state index in [0.717, 1.165) is 30.6 Å². The number of nitrogens with zero attached hydrogens (tertiary/aromatic N) is 1. The van der Waals surface area contributed by atoms with Crippen molar-refractivity contribution in [3.05, 3.63) is 0 Å². The Morgan fingerprint density at radius 3 is 2.28 bits per heavy atom. The first-order chi connectivity index (χ1) is 8.52. The van der Waals surface area contributed by atoms with E-state index in [1.165, 1.54) is 44.9 Å². The van der Waals surface area contributed by atoms with Gasteiger partial charge in [-0.3, -0.25) is 0 Å². The van der Waals surface area contributed by atoms with Gasteiger partial charge in [0.1, 0.15) is 0 Å². The Kier molecular flexibility index (Phi) is 2.96. The zero-order valence-corrected chi connectivity index (χ0v) is 12.0. The van der Waals surface area contributed by atoms with Crippen LogP contribution in [0.3, 0.4) is 0 Å². The van der Waals surface area contributed by atoms with Crippen molar-refractivity contribution in [3.63, 3.8) is 0 Å². The molecule has 0 aromatic rings. The van der Waals surface area contributed by atoms with Crippen LogP contribution >= 0.6 is 0 Å². The molecule has 0 saturated heterocycles. The third-order valence-corrected chi connectivity index (χ3v) is 6.34. The molecule has 1 heteroatoms. The Labute approximate surface area is 112 Å². The monoisotopic (exact) mass is 245 g/mol. The van der Waals surface area contributed by atoms with Crippen LogP contribution in [0, 0.1) is 39.9 Å². The van der Waals surface area contributed by atoms with E-state index >= 15 is 0 Å². The minimum absolute atomic E-state index is 0.0463. The summed E-state index contributed by atoms with van der Waals surface area (Å²) in [5.41, 5.74) is 0.527. The molecule has 3 fully saturated rings. The molecule has 100 valence electrons. The van der Waals surface area contributed by atoms with Crippen LogP contribution in [0.1, 0.15) is 71.6 Å². The van der Waals surface area contributed by atoms with Crippen LogP contribution in [0.5, 0.6) is 0 Å². The molecule has 0 N–H and O–H groups in total. The fourth-order valence-electron chi connectivity index (χ4n) is 4.90. The predicted molar refractivity (Wildman–Crippen MR) is 73.9 cm³/mol. The van der Waals surface area contributed by atoms with Crippen molar-refractivity contribution in [1.29, 1.82) is 5.26 Å². The van der Waals surface area contributed by atoms with E-state index in [-0.39, 0.29) is 5.41 Å². The molecule has 0 amide bonds. The van der Waals surface area contributed by atoms with Gasteiger partial charge in [-0.2, -0.15) is 5.26 Å². The number of fused-ring (bicyclic) bond motifs is 2. The highest BCUT2D eigenvalue weighted by atomic mass is 14.5. The molecule has 3 atom stereocenters. The third kappa shape index (κ3) is 2.20. The van der Waals surface area contributed by atoms with Gasteiger partial charge >= 0.3 is 0 Å². The molecule has 0 aliphatic heterocycles. The molecule has 3 aliphatic rings.